The van der Waals surface area contributed by atoms with E-state index in [-0.39, 0.29) is 5.56 Å². The molecule has 1 unspecified atom stereocenters. The first-order valence-corrected chi connectivity index (χ1v) is 10.4. The molecule has 0 saturated carbocycles. The Kier molecular flexibility index (Phi) is 5.55. The highest BCUT2D eigenvalue weighted by Gasteiger charge is 2.38. The Balaban J connectivity index is 1.91. The van der Waals surface area contributed by atoms with E-state index >= 15 is 0 Å². The van der Waals surface area contributed by atoms with E-state index in [1.54, 1.807) is 54.2 Å². The predicted octanol–water partition coefficient (Wildman–Crippen LogP) is 3.96. The van der Waals surface area contributed by atoms with Gasteiger partial charge in [0.15, 0.2) is 5.66 Å². The molecule has 0 aliphatic rings. The molecule has 1 aromatic carbocycles. The van der Waals surface area contributed by atoms with Crippen LogP contribution in [0, 0.1) is 0 Å². The van der Waals surface area contributed by atoms with Crippen LogP contribution in [0.15, 0.2) is 54.3 Å². The van der Waals surface area contributed by atoms with Gasteiger partial charge in [-0.2, -0.15) is 0 Å². The standard InChI is InChI=1S/C17H14ClN2O4PS/c18-12-3-4-15-13(8-12)14(10-26-15)16(25(22,23)24)17(21)20-7-5-11-2-1-6-19-9-11/h1-10,16H,(H,20,21)(H2,22,23,24)/b7-5+. The summed E-state index contributed by atoms with van der Waals surface area (Å²) in [6.45, 7) is 0. The van der Waals surface area contributed by atoms with Crippen molar-refractivity contribution in [2.45, 2.75) is 5.66 Å². The molecule has 2 aromatic heterocycles. The van der Waals surface area contributed by atoms with E-state index in [4.69, 9.17) is 11.6 Å². The summed E-state index contributed by atoms with van der Waals surface area (Å²) in [5, 5.41) is 5.00. The summed E-state index contributed by atoms with van der Waals surface area (Å²) in [7, 11) is -4.75. The highest BCUT2D eigenvalue weighted by Crippen LogP contribution is 2.54. The maximum Gasteiger partial charge on any atom is 0.342 e. The van der Waals surface area contributed by atoms with E-state index in [1.807, 2.05) is 0 Å². The Morgan fingerprint density at radius 3 is 2.85 bits per heavy atom. The van der Waals surface area contributed by atoms with Gasteiger partial charge in [0, 0.05) is 28.3 Å². The molecule has 0 fully saturated rings. The fourth-order valence-corrected chi connectivity index (χ4v) is 4.68. The maximum absolute atomic E-state index is 12.5. The van der Waals surface area contributed by atoms with E-state index in [2.05, 4.69) is 10.3 Å². The van der Waals surface area contributed by atoms with E-state index in [0.29, 0.717) is 10.4 Å². The second kappa shape index (κ2) is 7.70. The zero-order valence-corrected chi connectivity index (χ0v) is 15.7. The second-order valence-corrected chi connectivity index (χ2v) is 8.49. The van der Waals surface area contributed by atoms with Crippen molar-refractivity contribution < 1.29 is 19.1 Å². The van der Waals surface area contributed by atoms with Crippen molar-refractivity contribution in [1.82, 2.24) is 10.3 Å². The summed E-state index contributed by atoms with van der Waals surface area (Å²) in [4.78, 5) is 36.0. The van der Waals surface area contributed by atoms with Crippen LogP contribution < -0.4 is 5.32 Å². The van der Waals surface area contributed by atoms with Crippen molar-refractivity contribution in [3.05, 3.63) is 70.5 Å². The number of amides is 1. The van der Waals surface area contributed by atoms with Crippen molar-refractivity contribution in [1.29, 1.82) is 0 Å². The van der Waals surface area contributed by atoms with Gasteiger partial charge in [0.1, 0.15) is 0 Å². The van der Waals surface area contributed by atoms with Gasteiger partial charge in [0.05, 0.1) is 0 Å². The highest BCUT2D eigenvalue weighted by molar-refractivity contribution is 7.53. The van der Waals surface area contributed by atoms with Gasteiger partial charge in [0.2, 0.25) is 5.91 Å². The smallest absolute Gasteiger partial charge is 0.332 e. The summed E-state index contributed by atoms with van der Waals surface area (Å²) in [6.07, 6.45) is 6.14. The Morgan fingerprint density at radius 1 is 1.35 bits per heavy atom. The normalized spacial score (nSPS) is 13.2. The lowest BCUT2D eigenvalue weighted by Crippen LogP contribution is -2.25. The SMILES string of the molecule is O=C(N/C=C/c1cccnc1)C(c1csc2ccc(Cl)cc12)P(=O)(O)O. The lowest BCUT2D eigenvalue weighted by Gasteiger charge is -2.16. The number of fused-ring (bicyclic) bond motifs is 1. The number of pyridine rings is 1. The molecular weight excluding hydrogens is 395 g/mol. The van der Waals surface area contributed by atoms with E-state index in [1.165, 1.54) is 17.5 Å². The number of aromatic nitrogens is 1. The fourth-order valence-electron chi connectivity index (χ4n) is 2.48. The van der Waals surface area contributed by atoms with Crippen LogP contribution in [0.5, 0.6) is 0 Å². The molecule has 0 spiro atoms. The van der Waals surface area contributed by atoms with Gasteiger partial charge in [-0.25, -0.2) is 0 Å². The number of halogens is 1. The van der Waals surface area contributed by atoms with Crippen LogP contribution in [0.1, 0.15) is 16.8 Å². The molecule has 0 saturated heterocycles. The second-order valence-electron chi connectivity index (χ2n) is 5.45. The maximum atomic E-state index is 12.5. The van der Waals surface area contributed by atoms with Crippen LogP contribution >= 0.6 is 30.5 Å². The first-order chi connectivity index (χ1) is 12.4. The molecule has 0 aliphatic carbocycles. The van der Waals surface area contributed by atoms with E-state index < -0.39 is 19.2 Å². The number of benzene rings is 1. The summed E-state index contributed by atoms with van der Waals surface area (Å²) >= 11 is 7.29. The number of nitrogens with one attached hydrogen (secondary N) is 1. The Bertz CT molecular complexity index is 1020. The van der Waals surface area contributed by atoms with Crippen molar-refractivity contribution in [2.24, 2.45) is 0 Å². The first-order valence-electron chi connectivity index (χ1n) is 7.45. The zero-order valence-electron chi connectivity index (χ0n) is 13.2. The number of carbonyl (C=O) groups is 1. The zero-order chi connectivity index (χ0) is 18.7. The van der Waals surface area contributed by atoms with Gasteiger partial charge in [0.25, 0.3) is 0 Å². The minimum atomic E-state index is -4.75. The first kappa shape index (κ1) is 18.8. The Morgan fingerprint density at radius 2 is 2.15 bits per heavy atom. The van der Waals surface area contributed by atoms with Crippen LogP contribution in [0.4, 0.5) is 0 Å². The number of rotatable bonds is 5. The number of nitrogens with zero attached hydrogens (tertiary/aromatic N) is 1. The van der Waals surface area contributed by atoms with Gasteiger partial charge in [-0.3, -0.25) is 14.3 Å². The molecule has 3 N–H and O–H groups in total. The van der Waals surface area contributed by atoms with Crippen molar-refractivity contribution in [3.63, 3.8) is 0 Å². The molecule has 2 heterocycles. The van der Waals surface area contributed by atoms with Crippen LogP contribution in [0.2, 0.25) is 5.02 Å². The Hall–Kier alpha value is -2.02. The highest BCUT2D eigenvalue weighted by atomic mass is 35.5. The van der Waals surface area contributed by atoms with Crippen molar-refractivity contribution in [2.75, 3.05) is 0 Å². The largest absolute Gasteiger partial charge is 0.342 e. The summed E-state index contributed by atoms with van der Waals surface area (Å²) in [5.74, 6) is -0.793. The predicted molar refractivity (Wildman–Crippen MR) is 103 cm³/mol. The third-order valence-corrected chi connectivity index (χ3v) is 6.03. The van der Waals surface area contributed by atoms with Crippen molar-refractivity contribution >= 4 is 52.6 Å². The van der Waals surface area contributed by atoms with Crippen LogP contribution in [0.25, 0.3) is 16.2 Å². The van der Waals surface area contributed by atoms with Gasteiger partial charge in [-0.1, -0.05) is 17.7 Å². The lowest BCUT2D eigenvalue weighted by molar-refractivity contribution is -0.120. The summed E-state index contributed by atoms with van der Waals surface area (Å²) in [6, 6.07) is 8.56. The third kappa shape index (κ3) is 4.20. The summed E-state index contributed by atoms with van der Waals surface area (Å²) < 4.78 is 12.8. The molecule has 1 amide bonds. The van der Waals surface area contributed by atoms with Gasteiger partial charge >= 0.3 is 7.60 Å². The van der Waals surface area contributed by atoms with E-state index in [0.717, 1.165) is 10.3 Å². The number of hydrogen-bond acceptors (Lipinski definition) is 4. The average Bonchev–Trinajstić information content (AvgIpc) is 2.97. The third-order valence-electron chi connectivity index (χ3n) is 3.63. The lowest BCUT2D eigenvalue weighted by atomic mass is 10.1. The van der Waals surface area contributed by atoms with Crippen LogP contribution in [-0.4, -0.2) is 20.7 Å². The quantitative estimate of drug-likeness (QED) is 0.555. The van der Waals surface area contributed by atoms with Gasteiger partial charge in [-0.15, -0.1) is 11.3 Å². The molecule has 3 aromatic rings. The number of carbonyl (C=O) groups excluding carboxylic acids is 1. The Labute approximate surface area is 158 Å². The van der Waals surface area contributed by atoms with Crippen LogP contribution in [-0.2, 0) is 9.36 Å². The molecular formula is C17H14ClN2O4PS. The molecule has 134 valence electrons. The minimum Gasteiger partial charge on any atom is -0.332 e. The monoisotopic (exact) mass is 408 g/mol. The number of thiophene rings is 1. The van der Waals surface area contributed by atoms with Crippen molar-refractivity contribution in [3.8, 4) is 0 Å². The van der Waals surface area contributed by atoms with Gasteiger partial charge in [-0.05, 0) is 52.2 Å². The topological polar surface area (TPSA) is 99.5 Å². The fraction of sp³-hybridized carbons (Fsp3) is 0.0588. The summed E-state index contributed by atoms with van der Waals surface area (Å²) in [5.41, 5.74) is -0.616. The van der Waals surface area contributed by atoms with E-state index in [9.17, 15) is 19.1 Å². The minimum absolute atomic E-state index is 0.258. The molecule has 26 heavy (non-hydrogen) atoms. The molecule has 0 aliphatic heterocycles. The average molecular weight is 409 g/mol. The molecule has 0 bridgehead atoms. The molecule has 0 radical (unpaired) electrons. The molecule has 6 nitrogen and oxygen atoms in total. The molecule has 1 atom stereocenters. The molecule has 9 heteroatoms. The van der Waals surface area contributed by atoms with Crippen LogP contribution in [0.3, 0.4) is 0 Å². The van der Waals surface area contributed by atoms with Gasteiger partial charge < -0.3 is 15.1 Å². The molecule has 3 rings (SSSR count). The number of hydrogen-bond donors (Lipinski definition) is 3.